The number of rotatable bonds is 3. The molecule has 90 valence electrons. The van der Waals surface area contributed by atoms with Crippen LogP contribution in [-0.4, -0.2) is 22.7 Å². The Balaban J connectivity index is 1.95. The highest BCUT2D eigenvalue weighted by atomic mass is 35.5. The molecular weight excluding hydrogens is 247 g/mol. The lowest BCUT2D eigenvalue weighted by Crippen LogP contribution is -2.47. The Labute approximate surface area is 102 Å². The maximum Gasteiger partial charge on any atom is 0.225 e. The van der Waals surface area contributed by atoms with Crippen LogP contribution in [0.25, 0.3) is 0 Å². The molecule has 0 aliphatic heterocycles. The quantitative estimate of drug-likeness (QED) is 0.829. The number of nitrogens with one attached hydrogen (secondary N) is 1. The number of carbonyl (C=O) groups excluding carboxylic acids is 2. The molecule has 1 aliphatic carbocycles. The molecule has 1 aliphatic rings. The summed E-state index contributed by atoms with van der Waals surface area (Å²) in [4.78, 5) is 25.9. The summed E-state index contributed by atoms with van der Waals surface area (Å²) in [5.41, 5.74) is 0.165. The van der Waals surface area contributed by atoms with Gasteiger partial charge in [-0.1, -0.05) is 17.7 Å². The van der Waals surface area contributed by atoms with Crippen molar-refractivity contribution < 1.29 is 14.0 Å². The average Bonchev–Trinajstić information content (AvgIpc) is 2.28. The molecule has 6 heteroatoms. The first-order chi connectivity index (χ1) is 8.06. The fourth-order valence-electron chi connectivity index (χ4n) is 1.55. The van der Waals surface area contributed by atoms with Crippen molar-refractivity contribution >= 4 is 23.3 Å². The number of aromatic nitrogens is 1. The predicted molar refractivity (Wildman–Crippen MR) is 59.1 cm³/mol. The number of hydrogen-bond donors (Lipinski definition) is 1. The van der Waals surface area contributed by atoms with Crippen molar-refractivity contribution in [2.24, 2.45) is 0 Å². The highest BCUT2D eigenvalue weighted by Gasteiger charge is 2.29. The molecule has 17 heavy (non-hydrogen) atoms. The number of carbonyl (C=O) groups is 2. The van der Waals surface area contributed by atoms with Gasteiger partial charge >= 0.3 is 0 Å². The van der Waals surface area contributed by atoms with Gasteiger partial charge in [-0.15, -0.1) is 0 Å². The second-order valence-electron chi connectivity index (χ2n) is 3.89. The van der Waals surface area contributed by atoms with Crippen LogP contribution in [0.4, 0.5) is 4.39 Å². The summed E-state index contributed by atoms with van der Waals surface area (Å²) in [6, 6.07) is 2.43. The van der Waals surface area contributed by atoms with Crippen LogP contribution in [0.1, 0.15) is 18.4 Å². The van der Waals surface area contributed by atoms with E-state index >= 15 is 0 Å². The normalized spacial score (nSPS) is 18.7. The first-order valence-electron chi connectivity index (χ1n) is 5.19. The lowest BCUT2D eigenvalue weighted by atomic mass is 9.91. The molecular formula is C11H10ClFN2O2. The second-order valence-corrected chi connectivity index (χ2v) is 4.27. The molecule has 0 aromatic carbocycles. The maximum absolute atomic E-state index is 13.3. The fraction of sp³-hybridized carbons (Fsp3) is 0.364. The number of hydrogen-bond acceptors (Lipinski definition) is 3. The summed E-state index contributed by atoms with van der Waals surface area (Å²) in [6.45, 7) is 0. The van der Waals surface area contributed by atoms with Crippen LogP contribution in [0, 0.1) is 5.95 Å². The van der Waals surface area contributed by atoms with E-state index in [0.29, 0.717) is 12.8 Å². The van der Waals surface area contributed by atoms with Crippen molar-refractivity contribution in [1.29, 1.82) is 0 Å². The maximum atomic E-state index is 13.3. The van der Waals surface area contributed by atoms with E-state index in [0.717, 1.165) is 0 Å². The SMILES string of the molecule is O=C(Cc1ccc(Cl)nc1F)NC1CCC1=O. The van der Waals surface area contributed by atoms with Crippen molar-refractivity contribution in [2.75, 3.05) is 0 Å². The van der Waals surface area contributed by atoms with Crippen LogP contribution < -0.4 is 5.32 Å². The van der Waals surface area contributed by atoms with Crippen LogP contribution in [0.15, 0.2) is 12.1 Å². The smallest absolute Gasteiger partial charge is 0.225 e. The Bertz CT molecular complexity index is 479. The summed E-state index contributed by atoms with van der Waals surface area (Å²) < 4.78 is 13.3. The molecule has 0 saturated heterocycles. The Kier molecular flexibility index (Phi) is 3.38. The molecule has 4 nitrogen and oxygen atoms in total. The lowest BCUT2D eigenvalue weighted by molar-refractivity contribution is -0.131. The minimum absolute atomic E-state index is 0.0213. The third-order valence-electron chi connectivity index (χ3n) is 2.65. The molecule has 1 N–H and O–H groups in total. The van der Waals surface area contributed by atoms with Gasteiger partial charge in [-0.25, -0.2) is 4.98 Å². The highest BCUT2D eigenvalue weighted by Crippen LogP contribution is 2.15. The van der Waals surface area contributed by atoms with Crippen molar-refractivity contribution in [3.05, 3.63) is 28.8 Å². The van der Waals surface area contributed by atoms with E-state index in [9.17, 15) is 14.0 Å². The number of ketones is 1. The number of amides is 1. The Morgan fingerprint density at radius 1 is 1.59 bits per heavy atom. The molecule has 1 aromatic heterocycles. The Morgan fingerprint density at radius 2 is 2.35 bits per heavy atom. The van der Waals surface area contributed by atoms with Crippen LogP contribution in [-0.2, 0) is 16.0 Å². The van der Waals surface area contributed by atoms with Gasteiger partial charge in [0, 0.05) is 12.0 Å². The third kappa shape index (κ3) is 2.79. The van der Waals surface area contributed by atoms with E-state index < -0.39 is 12.0 Å². The Hall–Kier alpha value is -1.49. The van der Waals surface area contributed by atoms with Gasteiger partial charge in [0.2, 0.25) is 11.9 Å². The topological polar surface area (TPSA) is 59.1 Å². The summed E-state index contributed by atoms with van der Waals surface area (Å²) >= 11 is 5.49. The van der Waals surface area contributed by atoms with E-state index in [-0.39, 0.29) is 28.8 Å². The van der Waals surface area contributed by atoms with Crippen molar-refractivity contribution in [1.82, 2.24) is 10.3 Å². The standard InChI is InChI=1S/C11H10ClFN2O2/c12-9-4-1-6(11(13)15-9)5-10(17)14-7-2-3-8(7)16/h1,4,7H,2-3,5H2,(H,14,17). The molecule has 0 spiro atoms. The third-order valence-corrected chi connectivity index (χ3v) is 2.86. The highest BCUT2D eigenvalue weighted by molar-refractivity contribution is 6.29. The summed E-state index contributed by atoms with van der Waals surface area (Å²) in [5.74, 6) is -1.12. The molecule has 1 fully saturated rings. The minimum atomic E-state index is -0.757. The molecule has 1 atom stereocenters. The second kappa shape index (κ2) is 4.79. The average molecular weight is 257 g/mol. The molecule has 2 rings (SSSR count). The van der Waals surface area contributed by atoms with Gasteiger partial charge in [-0.2, -0.15) is 4.39 Å². The van der Waals surface area contributed by atoms with Crippen molar-refractivity contribution in [3.63, 3.8) is 0 Å². The molecule has 1 saturated carbocycles. The zero-order valence-electron chi connectivity index (χ0n) is 8.87. The van der Waals surface area contributed by atoms with Crippen molar-refractivity contribution in [2.45, 2.75) is 25.3 Å². The van der Waals surface area contributed by atoms with Crippen LogP contribution >= 0.6 is 11.6 Å². The predicted octanol–water partition coefficient (Wildman–Crippen LogP) is 1.26. The van der Waals surface area contributed by atoms with Gasteiger partial charge in [-0.3, -0.25) is 9.59 Å². The zero-order valence-corrected chi connectivity index (χ0v) is 9.63. The lowest BCUT2D eigenvalue weighted by Gasteiger charge is -2.24. The van der Waals surface area contributed by atoms with E-state index in [1.807, 2.05) is 0 Å². The number of pyridine rings is 1. The van der Waals surface area contributed by atoms with Gasteiger partial charge in [0.25, 0.3) is 0 Å². The first-order valence-corrected chi connectivity index (χ1v) is 5.57. The molecule has 1 unspecified atom stereocenters. The summed E-state index contributed by atoms with van der Waals surface area (Å²) in [7, 11) is 0. The van der Waals surface area contributed by atoms with Gasteiger partial charge in [0.1, 0.15) is 5.15 Å². The number of nitrogens with zero attached hydrogens (tertiary/aromatic N) is 1. The molecule has 0 radical (unpaired) electrons. The van der Waals surface area contributed by atoms with E-state index in [1.54, 1.807) is 0 Å². The summed E-state index contributed by atoms with van der Waals surface area (Å²) in [6.07, 6.45) is 1.02. The van der Waals surface area contributed by atoms with E-state index in [2.05, 4.69) is 10.3 Å². The van der Waals surface area contributed by atoms with Gasteiger partial charge in [0.05, 0.1) is 12.5 Å². The van der Waals surface area contributed by atoms with Gasteiger partial charge < -0.3 is 5.32 Å². The van der Waals surface area contributed by atoms with Crippen molar-refractivity contribution in [3.8, 4) is 0 Å². The monoisotopic (exact) mass is 256 g/mol. The molecule has 1 aromatic rings. The largest absolute Gasteiger partial charge is 0.346 e. The van der Waals surface area contributed by atoms with Crippen LogP contribution in [0.2, 0.25) is 5.15 Å². The van der Waals surface area contributed by atoms with Gasteiger partial charge in [0.15, 0.2) is 5.78 Å². The minimum Gasteiger partial charge on any atom is -0.346 e. The first kappa shape index (κ1) is 12.0. The number of halogens is 2. The fourth-order valence-corrected chi connectivity index (χ4v) is 1.69. The van der Waals surface area contributed by atoms with Crippen LogP contribution in [0.5, 0.6) is 0 Å². The van der Waals surface area contributed by atoms with Gasteiger partial charge in [-0.05, 0) is 12.5 Å². The van der Waals surface area contributed by atoms with Crippen LogP contribution in [0.3, 0.4) is 0 Å². The zero-order chi connectivity index (χ0) is 12.4. The van der Waals surface area contributed by atoms with E-state index in [4.69, 9.17) is 11.6 Å². The Morgan fingerprint density at radius 3 is 2.88 bits per heavy atom. The molecule has 1 heterocycles. The number of Topliss-reactive ketones (excluding diaryl/α,β-unsaturated/α-hetero) is 1. The van der Waals surface area contributed by atoms with E-state index in [1.165, 1.54) is 12.1 Å². The molecule has 1 amide bonds. The summed E-state index contributed by atoms with van der Waals surface area (Å²) in [5, 5.41) is 2.58. The molecule has 0 bridgehead atoms.